The third-order valence-corrected chi connectivity index (χ3v) is 6.48. The van der Waals surface area contributed by atoms with Crippen LogP contribution in [0.4, 0.5) is 21.0 Å². The Kier molecular flexibility index (Phi) is 6.95. The van der Waals surface area contributed by atoms with Crippen molar-refractivity contribution in [3.05, 3.63) is 90.5 Å². The van der Waals surface area contributed by atoms with Gasteiger partial charge >= 0.3 is 12.2 Å². The second kappa shape index (κ2) is 10.2. The van der Waals surface area contributed by atoms with E-state index in [1.165, 1.54) is 11.8 Å². The Bertz CT molecular complexity index is 1080. The first-order chi connectivity index (χ1) is 16.1. The molecule has 168 valence electrons. The van der Waals surface area contributed by atoms with Crippen LogP contribution in [-0.2, 0) is 9.47 Å². The van der Waals surface area contributed by atoms with Gasteiger partial charge in [-0.1, -0.05) is 54.6 Å². The molecule has 1 heterocycles. The second-order valence-corrected chi connectivity index (χ2v) is 8.55. The van der Waals surface area contributed by atoms with Gasteiger partial charge in [0, 0.05) is 27.6 Å². The minimum absolute atomic E-state index is 0.225. The summed E-state index contributed by atoms with van der Waals surface area (Å²) in [4.78, 5) is 39.0. The van der Waals surface area contributed by atoms with Crippen molar-refractivity contribution in [2.75, 3.05) is 29.6 Å². The van der Waals surface area contributed by atoms with Gasteiger partial charge in [0.1, 0.15) is 18.6 Å². The molecule has 33 heavy (non-hydrogen) atoms. The maximum absolute atomic E-state index is 13.4. The van der Waals surface area contributed by atoms with Crippen molar-refractivity contribution in [3.63, 3.8) is 0 Å². The molecule has 0 aromatic heterocycles. The molecule has 0 unspecified atom stereocenters. The zero-order chi connectivity index (χ0) is 23.1. The van der Waals surface area contributed by atoms with E-state index in [9.17, 15) is 14.4 Å². The van der Waals surface area contributed by atoms with Gasteiger partial charge in [0.2, 0.25) is 0 Å². The molecule has 0 atom stereocenters. The lowest BCUT2D eigenvalue weighted by Crippen LogP contribution is -2.46. The maximum Gasteiger partial charge on any atom is 0.411 e. The summed E-state index contributed by atoms with van der Waals surface area (Å²) in [5.41, 5.74) is 0.462. The number of Topliss-reactive ketones (excluding diaryl/α,β-unsaturated/α-hetero) is 1. The Labute approximate surface area is 195 Å². The minimum atomic E-state index is -1.21. The van der Waals surface area contributed by atoms with E-state index in [2.05, 4.69) is 10.6 Å². The number of hydrogen-bond acceptors (Lipinski definition) is 6. The number of thioether (sulfide) groups is 1. The molecule has 0 saturated carbocycles. The summed E-state index contributed by atoms with van der Waals surface area (Å²) in [7, 11) is 0. The van der Waals surface area contributed by atoms with Crippen molar-refractivity contribution in [2.24, 2.45) is 5.41 Å². The number of carbonyl (C=O) groups is 3. The number of ether oxygens (including phenoxy) is 2. The number of nitrogens with one attached hydrogen (secondary N) is 2. The van der Waals surface area contributed by atoms with Crippen LogP contribution in [0.2, 0.25) is 0 Å². The van der Waals surface area contributed by atoms with E-state index in [0.717, 1.165) is 4.90 Å². The zero-order valence-corrected chi connectivity index (χ0v) is 18.5. The van der Waals surface area contributed by atoms with Crippen LogP contribution < -0.4 is 10.6 Å². The number of anilines is 2. The summed E-state index contributed by atoms with van der Waals surface area (Å²) in [5, 5.41) is 5.26. The van der Waals surface area contributed by atoms with Crippen LogP contribution >= 0.6 is 11.8 Å². The summed E-state index contributed by atoms with van der Waals surface area (Å²) in [5.74, 6) is 0.0805. The number of hydrogen-bond donors (Lipinski definition) is 2. The summed E-state index contributed by atoms with van der Waals surface area (Å²) < 4.78 is 10.9. The molecule has 3 aromatic carbocycles. The molecular weight excluding hydrogens is 440 g/mol. The standard InChI is InChI=1S/C25H22N2O5S/c28-22-20-13-7-8-14-21(20)33-17-25(22,15-31-23(29)26-18-9-3-1-4-10-18)16-32-24(30)27-19-11-5-2-6-12-19/h1-14H,15-17H2,(H,26,29)(H,27,30). The van der Waals surface area contributed by atoms with Gasteiger partial charge in [-0.25, -0.2) is 9.59 Å². The van der Waals surface area contributed by atoms with E-state index in [4.69, 9.17) is 9.47 Å². The Morgan fingerprint density at radius 1 is 0.758 bits per heavy atom. The molecule has 4 rings (SSSR count). The summed E-state index contributed by atoms with van der Waals surface area (Å²) in [6.07, 6.45) is -1.38. The average Bonchev–Trinajstić information content (AvgIpc) is 2.85. The highest BCUT2D eigenvalue weighted by Gasteiger charge is 2.45. The van der Waals surface area contributed by atoms with Gasteiger partial charge in [-0.15, -0.1) is 11.8 Å². The molecular formula is C25H22N2O5S. The first kappa shape index (κ1) is 22.4. The van der Waals surface area contributed by atoms with Crippen LogP contribution in [0.25, 0.3) is 0 Å². The minimum Gasteiger partial charge on any atom is -0.448 e. The molecule has 0 aliphatic carbocycles. The lowest BCUT2D eigenvalue weighted by Gasteiger charge is -2.34. The van der Waals surface area contributed by atoms with E-state index in [1.54, 1.807) is 60.7 Å². The average molecular weight is 463 g/mol. The second-order valence-electron chi connectivity index (χ2n) is 7.53. The fourth-order valence-electron chi connectivity index (χ4n) is 3.36. The van der Waals surface area contributed by atoms with Crippen LogP contribution in [0.1, 0.15) is 10.4 Å². The van der Waals surface area contributed by atoms with E-state index in [0.29, 0.717) is 22.7 Å². The molecule has 0 spiro atoms. The first-order valence-corrected chi connectivity index (χ1v) is 11.3. The molecule has 0 bridgehead atoms. The van der Waals surface area contributed by atoms with Crippen LogP contribution in [0.15, 0.2) is 89.8 Å². The summed E-state index contributed by atoms with van der Waals surface area (Å²) in [6.45, 7) is -0.463. The highest BCUT2D eigenvalue weighted by molar-refractivity contribution is 7.99. The van der Waals surface area contributed by atoms with Crippen molar-refractivity contribution in [2.45, 2.75) is 4.90 Å². The van der Waals surface area contributed by atoms with Gasteiger partial charge in [0.15, 0.2) is 5.78 Å². The van der Waals surface area contributed by atoms with Crippen molar-refractivity contribution in [1.82, 2.24) is 0 Å². The third-order valence-electron chi connectivity index (χ3n) is 5.12. The van der Waals surface area contributed by atoms with Crippen LogP contribution in [0, 0.1) is 5.41 Å². The monoisotopic (exact) mass is 462 g/mol. The van der Waals surface area contributed by atoms with E-state index < -0.39 is 17.6 Å². The number of benzene rings is 3. The zero-order valence-electron chi connectivity index (χ0n) is 17.7. The molecule has 7 nitrogen and oxygen atoms in total. The molecule has 1 aliphatic heterocycles. The van der Waals surface area contributed by atoms with Crippen molar-refractivity contribution >= 4 is 41.1 Å². The SMILES string of the molecule is O=C(Nc1ccccc1)OCC1(COC(=O)Nc2ccccc2)CSc2ccccc2C1=O. The molecule has 2 N–H and O–H groups in total. The molecule has 1 aliphatic rings. The first-order valence-electron chi connectivity index (χ1n) is 10.3. The van der Waals surface area contributed by atoms with Gasteiger partial charge in [-0.05, 0) is 30.3 Å². The number of ketones is 1. The van der Waals surface area contributed by atoms with Gasteiger partial charge in [0.25, 0.3) is 0 Å². The van der Waals surface area contributed by atoms with Crippen molar-refractivity contribution in [1.29, 1.82) is 0 Å². The number of amides is 2. The summed E-state index contributed by atoms with van der Waals surface area (Å²) >= 11 is 1.47. The van der Waals surface area contributed by atoms with Gasteiger partial charge < -0.3 is 9.47 Å². The van der Waals surface area contributed by atoms with Crippen LogP contribution in [0.3, 0.4) is 0 Å². The van der Waals surface area contributed by atoms with E-state index in [-0.39, 0.29) is 19.0 Å². The maximum atomic E-state index is 13.4. The lowest BCUT2D eigenvalue weighted by atomic mass is 9.83. The highest BCUT2D eigenvalue weighted by Crippen LogP contribution is 2.40. The number of fused-ring (bicyclic) bond motifs is 1. The highest BCUT2D eigenvalue weighted by atomic mass is 32.2. The fraction of sp³-hybridized carbons (Fsp3) is 0.160. The summed E-state index contributed by atoms with van der Waals surface area (Å²) in [6, 6.07) is 25.0. The number of rotatable bonds is 6. The molecule has 0 saturated heterocycles. The predicted molar refractivity (Wildman–Crippen MR) is 127 cm³/mol. The predicted octanol–water partition coefficient (Wildman–Crippen LogP) is 5.46. The van der Waals surface area contributed by atoms with Crippen molar-refractivity contribution < 1.29 is 23.9 Å². The quantitative estimate of drug-likeness (QED) is 0.505. The fourth-order valence-corrected chi connectivity index (χ4v) is 4.58. The third kappa shape index (κ3) is 5.53. The van der Waals surface area contributed by atoms with Gasteiger partial charge in [-0.2, -0.15) is 0 Å². The van der Waals surface area contributed by atoms with Gasteiger partial charge in [0.05, 0.1) is 0 Å². The number of carbonyl (C=O) groups excluding carboxylic acids is 3. The Morgan fingerprint density at radius 2 is 1.24 bits per heavy atom. The molecule has 3 aromatic rings. The Morgan fingerprint density at radius 3 is 1.79 bits per heavy atom. The van der Waals surface area contributed by atoms with E-state index >= 15 is 0 Å². The lowest BCUT2D eigenvalue weighted by molar-refractivity contribution is 0.0388. The van der Waals surface area contributed by atoms with Crippen molar-refractivity contribution in [3.8, 4) is 0 Å². The molecule has 0 radical (unpaired) electrons. The largest absolute Gasteiger partial charge is 0.448 e. The molecule has 2 amide bonds. The Balaban J connectivity index is 1.47. The van der Waals surface area contributed by atoms with Gasteiger partial charge in [-0.3, -0.25) is 15.4 Å². The molecule has 8 heteroatoms. The molecule has 0 fully saturated rings. The smallest absolute Gasteiger partial charge is 0.411 e. The normalized spacial score (nSPS) is 14.0. The van der Waals surface area contributed by atoms with Crippen LogP contribution in [-0.4, -0.2) is 36.9 Å². The van der Waals surface area contributed by atoms with E-state index in [1.807, 2.05) is 24.3 Å². The van der Waals surface area contributed by atoms with Crippen LogP contribution in [0.5, 0.6) is 0 Å². The number of para-hydroxylation sites is 2. The topological polar surface area (TPSA) is 93.7 Å². The Hall–Kier alpha value is -3.78.